The average Bonchev–Trinajstić information content (AvgIpc) is 2.44. The Morgan fingerprint density at radius 1 is 1.20 bits per heavy atom. The van der Waals surface area contributed by atoms with Crippen molar-refractivity contribution >= 4 is 49.4 Å². The Hall–Kier alpha value is -0.780. The smallest absolute Gasteiger partial charge is 0.173 e. The maximum absolute atomic E-state index is 12.2. The first-order chi connectivity index (χ1) is 9.60. The van der Waals surface area contributed by atoms with Gasteiger partial charge in [0, 0.05) is 14.9 Å². The van der Waals surface area contributed by atoms with Gasteiger partial charge in [0.15, 0.2) is 5.78 Å². The highest BCUT2D eigenvalue weighted by Crippen LogP contribution is 2.27. The minimum Gasteiger partial charge on any atom is -0.496 e. The molecule has 0 aromatic heterocycles. The number of hydrogen-bond donors (Lipinski definition) is 0. The maximum Gasteiger partial charge on any atom is 0.173 e. The zero-order chi connectivity index (χ0) is 14.5. The first-order valence-electron chi connectivity index (χ1n) is 5.85. The second kappa shape index (κ2) is 7.29. The summed E-state index contributed by atoms with van der Waals surface area (Å²) in [6.07, 6.45) is 0. The largest absolute Gasteiger partial charge is 0.496 e. The van der Waals surface area contributed by atoms with Gasteiger partial charge in [-0.3, -0.25) is 4.79 Å². The molecule has 20 heavy (non-hydrogen) atoms. The van der Waals surface area contributed by atoms with Crippen LogP contribution in [0.3, 0.4) is 0 Å². The number of ketones is 1. The zero-order valence-electron chi connectivity index (χ0n) is 10.7. The first kappa shape index (κ1) is 15.6. The topological polar surface area (TPSA) is 26.3 Å². The molecule has 0 radical (unpaired) electrons. The first-order valence-corrected chi connectivity index (χ1v) is 8.42. The molecule has 2 aromatic carbocycles. The molecule has 0 heterocycles. The summed E-state index contributed by atoms with van der Waals surface area (Å²) in [6, 6.07) is 13.3. The van der Waals surface area contributed by atoms with Crippen LogP contribution in [0.25, 0.3) is 0 Å². The number of carbonyl (C=O) groups is 1. The highest BCUT2D eigenvalue weighted by atomic mass is 79.9. The van der Waals surface area contributed by atoms with Crippen LogP contribution >= 0.6 is 43.6 Å². The number of hydrogen-bond acceptors (Lipinski definition) is 3. The summed E-state index contributed by atoms with van der Waals surface area (Å²) in [5.74, 6) is 1.23. The van der Waals surface area contributed by atoms with Gasteiger partial charge in [-0.1, -0.05) is 22.0 Å². The fourth-order valence-electron chi connectivity index (χ4n) is 1.63. The van der Waals surface area contributed by atoms with Crippen molar-refractivity contribution in [2.24, 2.45) is 0 Å². The number of Topliss-reactive ketones (excluding diaryl/α,β-unsaturated/α-hetero) is 1. The number of thioether (sulfide) groups is 1. The van der Waals surface area contributed by atoms with E-state index in [0.29, 0.717) is 11.3 Å². The number of methoxy groups -OCH3 is 1. The molecule has 104 valence electrons. The van der Waals surface area contributed by atoms with Gasteiger partial charge in [0.1, 0.15) is 5.75 Å². The number of rotatable bonds is 5. The van der Waals surface area contributed by atoms with Gasteiger partial charge in [0.25, 0.3) is 0 Å². The lowest BCUT2D eigenvalue weighted by atomic mass is 10.1. The molecule has 0 aliphatic carbocycles. The van der Waals surface area contributed by atoms with Crippen LogP contribution in [0.15, 0.2) is 56.3 Å². The SMILES string of the molecule is COc1ccc(C(=O)CSc2cccc(Br)c2)cc1Br. The van der Waals surface area contributed by atoms with Crippen LogP contribution in [0.2, 0.25) is 0 Å². The number of ether oxygens (including phenoxy) is 1. The lowest BCUT2D eigenvalue weighted by molar-refractivity contribution is 0.102. The monoisotopic (exact) mass is 414 g/mol. The van der Waals surface area contributed by atoms with Gasteiger partial charge in [0.05, 0.1) is 17.3 Å². The normalized spacial score (nSPS) is 10.3. The maximum atomic E-state index is 12.2. The Morgan fingerprint density at radius 3 is 2.65 bits per heavy atom. The van der Waals surface area contributed by atoms with Gasteiger partial charge in [0.2, 0.25) is 0 Å². The van der Waals surface area contributed by atoms with Crippen LogP contribution in [0, 0.1) is 0 Å². The second-order valence-electron chi connectivity index (χ2n) is 4.02. The van der Waals surface area contributed by atoms with E-state index in [1.807, 2.05) is 24.3 Å². The van der Waals surface area contributed by atoms with Gasteiger partial charge < -0.3 is 4.74 Å². The number of benzene rings is 2. The Balaban J connectivity index is 2.03. The van der Waals surface area contributed by atoms with E-state index in [1.54, 1.807) is 25.3 Å². The molecule has 2 nitrogen and oxygen atoms in total. The summed E-state index contributed by atoms with van der Waals surface area (Å²) in [5, 5.41) is 0. The van der Waals surface area contributed by atoms with Gasteiger partial charge in [-0.05, 0) is 52.3 Å². The van der Waals surface area contributed by atoms with Crippen LogP contribution in [-0.2, 0) is 0 Å². The lowest BCUT2D eigenvalue weighted by Gasteiger charge is -2.06. The van der Waals surface area contributed by atoms with Gasteiger partial charge in [-0.15, -0.1) is 11.8 Å². The minimum atomic E-state index is 0.0957. The van der Waals surface area contributed by atoms with Crippen molar-refractivity contribution in [1.29, 1.82) is 0 Å². The van der Waals surface area contributed by atoms with Crippen molar-refractivity contribution in [2.45, 2.75) is 4.90 Å². The minimum absolute atomic E-state index is 0.0957. The third-order valence-corrected chi connectivity index (χ3v) is 4.75. The number of carbonyl (C=O) groups excluding carboxylic acids is 1. The van der Waals surface area contributed by atoms with E-state index in [9.17, 15) is 4.79 Å². The predicted molar refractivity (Wildman–Crippen MR) is 89.9 cm³/mol. The zero-order valence-corrected chi connectivity index (χ0v) is 14.7. The van der Waals surface area contributed by atoms with Crippen molar-refractivity contribution in [1.82, 2.24) is 0 Å². The summed E-state index contributed by atoms with van der Waals surface area (Å²) in [7, 11) is 1.60. The van der Waals surface area contributed by atoms with E-state index in [1.165, 1.54) is 11.8 Å². The molecule has 2 aromatic rings. The van der Waals surface area contributed by atoms with E-state index in [2.05, 4.69) is 31.9 Å². The summed E-state index contributed by atoms with van der Waals surface area (Å²) >= 11 is 8.34. The Morgan fingerprint density at radius 2 is 2.00 bits per heavy atom. The van der Waals surface area contributed by atoms with Crippen LogP contribution in [0.5, 0.6) is 5.75 Å². The fraction of sp³-hybridized carbons (Fsp3) is 0.133. The van der Waals surface area contributed by atoms with Gasteiger partial charge in [-0.25, -0.2) is 0 Å². The molecular formula is C15H12Br2O2S. The van der Waals surface area contributed by atoms with E-state index < -0.39 is 0 Å². The van der Waals surface area contributed by atoms with Crippen LogP contribution in [-0.4, -0.2) is 18.6 Å². The molecule has 0 N–H and O–H groups in total. The Kier molecular flexibility index (Phi) is 5.69. The second-order valence-corrected chi connectivity index (χ2v) is 6.84. The van der Waals surface area contributed by atoms with E-state index in [-0.39, 0.29) is 5.78 Å². The molecule has 0 amide bonds. The van der Waals surface area contributed by atoms with E-state index in [4.69, 9.17) is 4.74 Å². The standard InChI is InChI=1S/C15H12Br2O2S/c1-19-15-6-5-10(7-13(15)17)14(18)9-20-12-4-2-3-11(16)8-12/h2-8H,9H2,1H3. The van der Waals surface area contributed by atoms with Crippen LogP contribution in [0.1, 0.15) is 10.4 Å². The highest BCUT2D eigenvalue weighted by Gasteiger charge is 2.09. The molecule has 0 spiro atoms. The van der Waals surface area contributed by atoms with Crippen molar-refractivity contribution in [3.63, 3.8) is 0 Å². The summed E-state index contributed by atoms with van der Waals surface area (Å²) in [5.41, 5.74) is 0.681. The van der Waals surface area contributed by atoms with E-state index in [0.717, 1.165) is 19.6 Å². The molecular weight excluding hydrogens is 404 g/mol. The molecule has 0 unspecified atom stereocenters. The molecule has 2 rings (SSSR count). The van der Waals surface area contributed by atoms with Gasteiger partial charge >= 0.3 is 0 Å². The Labute approximate surface area is 139 Å². The fourth-order valence-corrected chi connectivity index (χ4v) is 3.57. The van der Waals surface area contributed by atoms with Crippen LogP contribution < -0.4 is 4.74 Å². The molecule has 0 atom stereocenters. The molecule has 0 aliphatic rings. The summed E-state index contributed by atoms with van der Waals surface area (Å²) in [4.78, 5) is 13.2. The lowest BCUT2D eigenvalue weighted by Crippen LogP contribution is -2.02. The summed E-state index contributed by atoms with van der Waals surface area (Å²) in [6.45, 7) is 0. The molecule has 0 fully saturated rings. The van der Waals surface area contributed by atoms with Gasteiger partial charge in [-0.2, -0.15) is 0 Å². The van der Waals surface area contributed by atoms with Crippen molar-refractivity contribution in [2.75, 3.05) is 12.9 Å². The van der Waals surface area contributed by atoms with Crippen LogP contribution in [0.4, 0.5) is 0 Å². The molecule has 0 aliphatic heterocycles. The molecule has 0 saturated heterocycles. The van der Waals surface area contributed by atoms with Crippen molar-refractivity contribution in [3.05, 3.63) is 57.0 Å². The highest BCUT2D eigenvalue weighted by molar-refractivity contribution is 9.10. The third-order valence-electron chi connectivity index (χ3n) is 2.64. The van der Waals surface area contributed by atoms with Crippen molar-refractivity contribution < 1.29 is 9.53 Å². The molecule has 5 heteroatoms. The molecule has 0 bridgehead atoms. The third kappa shape index (κ3) is 4.11. The predicted octanol–water partition coefficient (Wildman–Crippen LogP) is 5.20. The quantitative estimate of drug-likeness (QED) is 0.496. The summed E-state index contributed by atoms with van der Waals surface area (Å²) < 4.78 is 6.96. The Bertz CT molecular complexity index is 629. The molecule has 0 saturated carbocycles. The average molecular weight is 416 g/mol. The van der Waals surface area contributed by atoms with Crippen molar-refractivity contribution in [3.8, 4) is 5.75 Å². The van der Waals surface area contributed by atoms with E-state index >= 15 is 0 Å². The number of halogens is 2.